The summed E-state index contributed by atoms with van der Waals surface area (Å²) < 4.78 is 32.0. The van der Waals surface area contributed by atoms with Crippen LogP contribution in [-0.4, -0.2) is 36.1 Å². The lowest BCUT2D eigenvalue weighted by Crippen LogP contribution is -2.44. The molecule has 3 rings (SSSR count). The van der Waals surface area contributed by atoms with Crippen LogP contribution in [0.5, 0.6) is 0 Å². The van der Waals surface area contributed by atoms with Gasteiger partial charge in [-0.25, -0.2) is 13.6 Å². The zero-order valence-electron chi connectivity index (χ0n) is 16.7. The molecule has 0 heterocycles. The number of rotatable bonds is 5. The van der Waals surface area contributed by atoms with Gasteiger partial charge in [-0.1, -0.05) is 12.1 Å². The minimum absolute atomic E-state index is 0.0359. The van der Waals surface area contributed by atoms with Gasteiger partial charge in [0.1, 0.15) is 11.6 Å². The van der Waals surface area contributed by atoms with E-state index in [-0.39, 0.29) is 24.2 Å². The molecule has 0 radical (unpaired) electrons. The van der Waals surface area contributed by atoms with Crippen LogP contribution >= 0.6 is 0 Å². The number of carbonyl (C=O) groups excluding carboxylic acids is 2. The van der Waals surface area contributed by atoms with Crippen molar-refractivity contribution >= 4 is 17.7 Å². The minimum Gasteiger partial charge on any atom is -0.453 e. The van der Waals surface area contributed by atoms with Crippen LogP contribution in [0, 0.1) is 11.6 Å². The van der Waals surface area contributed by atoms with Crippen molar-refractivity contribution in [2.24, 2.45) is 5.73 Å². The highest BCUT2D eigenvalue weighted by Gasteiger charge is 2.29. The van der Waals surface area contributed by atoms with Crippen LogP contribution in [0.3, 0.4) is 0 Å². The molecule has 0 saturated heterocycles. The number of hydrogen-bond donors (Lipinski definition) is 2. The van der Waals surface area contributed by atoms with Gasteiger partial charge in [-0.2, -0.15) is 0 Å². The van der Waals surface area contributed by atoms with E-state index in [4.69, 9.17) is 5.73 Å². The van der Waals surface area contributed by atoms with Gasteiger partial charge in [-0.15, -0.1) is 0 Å². The lowest BCUT2D eigenvalue weighted by Gasteiger charge is -2.36. The zero-order valence-corrected chi connectivity index (χ0v) is 16.7. The van der Waals surface area contributed by atoms with Crippen LogP contribution in [0.2, 0.25) is 0 Å². The molecule has 30 heavy (non-hydrogen) atoms. The summed E-state index contributed by atoms with van der Waals surface area (Å²) in [5.74, 6) is -2.04. The number of ether oxygens (including phenoxy) is 1. The molecule has 0 aliphatic heterocycles. The Morgan fingerprint density at radius 1 is 1.10 bits per heavy atom. The van der Waals surface area contributed by atoms with Crippen molar-refractivity contribution < 1.29 is 23.1 Å². The third kappa shape index (κ3) is 5.54. The monoisotopic (exact) mass is 417 g/mol. The van der Waals surface area contributed by atoms with E-state index in [1.54, 1.807) is 23.1 Å². The first-order chi connectivity index (χ1) is 14.4. The van der Waals surface area contributed by atoms with Crippen molar-refractivity contribution in [2.45, 2.75) is 44.3 Å². The number of nitrogens with one attached hydrogen (secondary N) is 1. The molecule has 0 spiro atoms. The van der Waals surface area contributed by atoms with Crippen molar-refractivity contribution in [1.82, 2.24) is 4.90 Å². The smallest absolute Gasteiger partial charge is 0.411 e. The van der Waals surface area contributed by atoms with E-state index in [1.807, 2.05) is 6.07 Å². The topological polar surface area (TPSA) is 84.7 Å². The zero-order chi connectivity index (χ0) is 21.7. The SMILES string of the molecule is COC(=O)Nc1cccc(CN(C(=O)c2cc(F)cc(F)c2)C2CCC(N)CC2)c1. The second kappa shape index (κ2) is 9.67. The Bertz CT molecular complexity index is 894. The quantitative estimate of drug-likeness (QED) is 0.769. The molecule has 2 amide bonds. The number of anilines is 1. The molecule has 6 nitrogen and oxygen atoms in total. The Labute approximate surface area is 174 Å². The van der Waals surface area contributed by atoms with E-state index in [1.165, 1.54) is 7.11 Å². The first-order valence-corrected chi connectivity index (χ1v) is 9.82. The van der Waals surface area contributed by atoms with Crippen LogP contribution in [0.25, 0.3) is 0 Å². The summed E-state index contributed by atoms with van der Waals surface area (Å²) in [6.45, 7) is 0.230. The molecule has 8 heteroatoms. The van der Waals surface area contributed by atoms with Gasteiger partial charge in [0.05, 0.1) is 7.11 Å². The Kier molecular flexibility index (Phi) is 6.99. The molecule has 1 aliphatic carbocycles. The lowest BCUT2D eigenvalue weighted by molar-refractivity contribution is 0.0605. The molecule has 1 saturated carbocycles. The van der Waals surface area contributed by atoms with Crippen molar-refractivity contribution in [1.29, 1.82) is 0 Å². The van der Waals surface area contributed by atoms with Gasteiger partial charge in [0, 0.05) is 35.9 Å². The Morgan fingerprint density at radius 2 is 1.77 bits per heavy atom. The first-order valence-electron chi connectivity index (χ1n) is 9.82. The maximum atomic E-state index is 13.7. The molecule has 2 aromatic rings. The fourth-order valence-corrected chi connectivity index (χ4v) is 3.74. The van der Waals surface area contributed by atoms with Crippen molar-refractivity contribution in [2.75, 3.05) is 12.4 Å². The highest BCUT2D eigenvalue weighted by Crippen LogP contribution is 2.26. The summed E-state index contributed by atoms with van der Waals surface area (Å²) in [6, 6.07) is 9.84. The number of hydrogen-bond acceptors (Lipinski definition) is 4. The largest absolute Gasteiger partial charge is 0.453 e. The molecule has 3 N–H and O–H groups in total. The standard InChI is InChI=1S/C22H25F2N3O3/c1-30-22(29)26-19-4-2-3-14(9-19)13-27(20-7-5-18(25)6-8-20)21(28)15-10-16(23)12-17(24)11-15/h2-4,9-12,18,20H,5-8,13,25H2,1H3,(H,26,29). The van der Waals surface area contributed by atoms with Crippen LogP contribution in [0.1, 0.15) is 41.6 Å². The molecule has 0 bridgehead atoms. The average molecular weight is 417 g/mol. The number of halogens is 2. The van der Waals surface area contributed by atoms with Gasteiger partial charge < -0.3 is 15.4 Å². The van der Waals surface area contributed by atoms with Crippen LogP contribution in [-0.2, 0) is 11.3 Å². The normalized spacial score (nSPS) is 18.5. The highest BCUT2D eigenvalue weighted by molar-refractivity contribution is 5.94. The van der Waals surface area contributed by atoms with E-state index in [0.717, 1.165) is 36.6 Å². The number of amides is 2. The molecular weight excluding hydrogens is 392 g/mol. The summed E-state index contributed by atoms with van der Waals surface area (Å²) >= 11 is 0. The fraction of sp³-hybridized carbons (Fsp3) is 0.364. The summed E-state index contributed by atoms with van der Waals surface area (Å²) in [6.07, 6.45) is 2.37. The van der Waals surface area contributed by atoms with Gasteiger partial charge in [-0.05, 0) is 55.5 Å². The number of carbonyl (C=O) groups is 2. The molecule has 1 aliphatic rings. The maximum absolute atomic E-state index is 13.7. The second-order valence-corrected chi connectivity index (χ2v) is 7.48. The molecule has 160 valence electrons. The highest BCUT2D eigenvalue weighted by atomic mass is 19.1. The molecule has 0 aromatic heterocycles. The van der Waals surface area contributed by atoms with Gasteiger partial charge in [-0.3, -0.25) is 10.1 Å². The molecule has 0 unspecified atom stereocenters. The molecular formula is C22H25F2N3O3. The summed E-state index contributed by atoms with van der Waals surface area (Å²) in [5, 5.41) is 2.59. The number of nitrogens with zero attached hydrogens (tertiary/aromatic N) is 1. The van der Waals surface area contributed by atoms with E-state index in [2.05, 4.69) is 10.1 Å². The first kappa shape index (κ1) is 21.7. The molecule has 2 aromatic carbocycles. The average Bonchev–Trinajstić information content (AvgIpc) is 2.72. The second-order valence-electron chi connectivity index (χ2n) is 7.48. The van der Waals surface area contributed by atoms with Crippen LogP contribution in [0.4, 0.5) is 19.3 Å². The van der Waals surface area contributed by atoms with Gasteiger partial charge in [0.2, 0.25) is 0 Å². The molecule has 1 fully saturated rings. The lowest BCUT2D eigenvalue weighted by atomic mass is 9.90. The third-order valence-corrected chi connectivity index (χ3v) is 5.26. The van der Waals surface area contributed by atoms with Gasteiger partial charge in [0.15, 0.2) is 0 Å². The van der Waals surface area contributed by atoms with E-state index >= 15 is 0 Å². The van der Waals surface area contributed by atoms with E-state index in [0.29, 0.717) is 18.5 Å². The fourth-order valence-electron chi connectivity index (χ4n) is 3.74. The van der Waals surface area contributed by atoms with Crippen molar-refractivity contribution in [3.8, 4) is 0 Å². The molecule has 0 atom stereocenters. The number of nitrogens with two attached hydrogens (primary N) is 1. The van der Waals surface area contributed by atoms with E-state index in [9.17, 15) is 18.4 Å². The van der Waals surface area contributed by atoms with Gasteiger partial charge in [0.25, 0.3) is 5.91 Å². The van der Waals surface area contributed by atoms with Crippen molar-refractivity contribution in [3.63, 3.8) is 0 Å². The maximum Gasteiger partial charge on any atom is 0.411 e. The third-order valence-electron chi connectivity index (χ3n) is 5.26. The Morgan fingerprint density at radius 3 is 2.40 bits per heavy atom. The Hall–Kier alpha value is -3.00. The van der Waals surface area contributed by atoms with Gasteiger partial charge >= 0.3 is 6.09 Å². The minimum atomic E-state index is -0.798. The van der Waals surface area contributed by atoms with E-state index < -0.39 is 23.6 Å². The Balaban J connectivity index is 1.87. The number of methoxy groups -OCH3 is 1. The van der Waals surface area contributed by atoms with Crippen molar-refractivity contribution in [3.05, 3.63) is 65.2 Å². The number of benzene rings is 2. The predicted molar refractivity (Wildman–Crippen MR) is 109 cm³/mol. The summed E-state index contributed by atoms with van der Waals surface area (Å²) in [4.78, 5) is 26.3. The van der Waals surface area contributed by atoms with Crippen LogP contribution in [0.15, 0.2) is 42.5 Å². The summed E-state index contributed by atoms with van der Waals surface area (Å²) in [5.41, 5.74) is 7.26. The predicted octanol–water partition coefficient (Wildman–Crippen LogP) is 4.06. The van der Waals surface area contributed by atoms with Crippen LogP contribution < -0.4 is 11.1 Å². The summed E-state index contributed by atoms with van der Waals surface area (Å²) in [7, 11) is 1.27.